The summed E-state index contributed by atoms with van der Waals surface area (Å²) in [5.74, 6) is 2.64. The molecule has 0 unspecified atom stereocenters. The van der Waals surface area contributed by atoms with Crippen LogP contribution < -0.4 is 15.2 Å². The highest BCUT2D eigenvalue weighted by atomic mass is 16.5. The lowest BCUT2D eigenvalue weighted by molar-refractivity contribution is 0.339. The topological polar surface area (TPSA) is 70.3 Å². The Balaban J connectivity index is 2.23. The van der Waals surface area contributed by atoms with Gasteiger partial charge in [-0.05, 0) is 37.1 Å². The van der Waals surface area contributed by atoms with Crippen LogP contribution in [0.5, 0.6) is 17.4 Å². The van der Waals surface area contributed by atoms with Gasteiger partial charge >= 0.3 is 0 Å². The second kappa shape index (κ2) is 6.23. The highest BCUT2D eigenvalue weighted by Crippen LogP contribution is 2.31. The van der Waals surface area contributed by atoms with E-state index in [0.717, 1.165) is 11.3 Å². The normalized spacial score (nSPS) is 10.6. The summed E-state index contributed by atoms with van der Waals surface area (Å²) >= 11 is 0. The van der Waals surface area contributed by atoms with Gasteiger partial charge in [0.1, 0.15) is 23.6 Å². The van der Waals surface area contributed by atoms with Gasteiger partial charge in [-0.3, -0.25) is 0 Å². The van der Waals surface area contributed by atoms with E-state index in [4.69, 9.17) is 15.2 Å². The first-order valence-electron chi connectivity index (χ1n) is 6.63. The third-order valence-corrected chi connectivity index (χ3v) is 2.80. The number of ether oxygens (including phenoxy) is 2. The second-order valence-electron chi connectivity index (χ2n) is 4.64. The lowest BCUT2D eigenvalue weighted by atomic mass is 10.1. The molecule has 1 aromatic carbocycles. The van der Waals surface area contributed by atoms with Crippen molar-refractivity contribution in [2.24, 2.45) is 0 Å². The van der Waals surface area contributed by atoms with E-state index in [1.165, 1.54) is 6.33 Å². The smallest absolute Gasteiger partial charge is 0.227 e. The summed E-state index contributed by atoms with van der Waals surface area (Å²) in [5.41, 5.74) is 6.71. The molecular weight excluding hydrogens is 254 g/mol. The van der Waals surface area contributed by atoms with E-state index in [0.29, 0.717) is 24.1 Å². The van der Waals surface area contributed by atoms with E-state index in [9.17, 15) is 0 Å². The van der Waals surface area contributed by atoms with Gasteiger partial charge in [0.05, 0.1) is 12.2 Å². The molecular formula is C15H19N3O2. The second-order valence-corrected chi connectivity index (χ2v) is 4.64. The highest BCUT2D eigenvalue weighted by Gasteiger charge is 2.14. The Kier molecular flexibility index (Phi) is 4.40. The Hall–Kier alpha value is -2.30. The molecule has 0 saturated heterocycles. The quantitative estimate of drug-likeness (QED) is 0.904. The fourth-order valence-corrected chi connectivity index (χ4v) is 1.90. The number of rotatable bonds is 5. The molecule has 20 heavy (non-hydrogen) atoms. The minimum absolute atomic E-state index is 0.189. The monoisotopic (exact) mass is 273 g/mol. The van der Waals surface area contributed by atoms with Crippen LogP contribution >= 0.6 is 0 Å². The van der Waals surface area contributed by atoms with Crippen molar-refractivity contribution in [2.75, 3.05) is 12.3 Å². The summed E-state index contributed by atoms with van der Waals surface area (Å²) in [6.07, 6.45) is 1.41. The van der Waals surface area contributed by atoms with Gasteiger partial charge in [-0.2, -0.15) is 0 Å². The summed E-state index contributed by atoms with van der Waals surface area (Å²) in [7, 11) is 0. The van der Waals surface area contributed by atoms with E-state index in [2.05, 4.69) is 9.97 Å². The molecule has 2 N–H and O–H groups in total. The zero-order valence-electron chi connectivity index (χ0n) is 12.0. The number of hydrogen-bond donors (Lipinski definition) is 1. The van der Waals surface area contributed by atoms with Gasteiger partial charge in [0, 0.05) is 0 Å². The van der Waals surface area contributed by atoms with Crippen molar-refractivity contribution in [2.45, 2.75) is 26.7 Å². The lowest BCUT2D eigenvalue weighted by Crippen LogP contribution is -2.04. The third-order valence-electron chi connectivity index (χ3n) is 2.80. The molecule has 0 saturated carbocycles. The summed E-state index contributed by atoms with van der Waals surface area (Å²) in [6.45, 7) is 6.64. The standard InChI is InChI=1S/C15H19N3O2/c1-4-19-11-5-7-12(8-6-11)20-15-13(10(2)3)14(16)17-9-18-15/h5-10H,4H2,1-3H3,(H2,16,17,18). The number of aromatic nitrogens is 2. The van der Waals surface area contributed by atoms with Crippen molar-refractivity contribution in [3.05, 3.63) is 36.2 Å². The lowest BCUT2D eigenvalue weighted by Gasteiger charge is -2.14. The van der Waals surface area contributed by atoms with Crippen LogP contribution in [0.3, 0.4) is 0 Å². The maximum Gasteiger partial charge on any atom is 0.227 e. The van der Waals surface area contributed by atoms with Gasteiger partial charge in [-0.1, -0.05) is 13.8 Å². The van der Waals surface area contributed by atoms with Crippen molar-refractivity contribution in [1.29, 1.82) is 0 Å². The van der Waals surface area contributed by atoms with Crippen LogP contribution in [0.4, 0.5) is 5.82 Å². The number of nitrogens with two attached hydrogens (primary N) is 1. The Labute approximate surface area is 118 Å². The van der Waals surface area contributed by atoms with Gasteiger partial charge in [0.25, 0.3) is 0 Å². The zero-order chi connectivity index (χ0) is 14.5. The van der Waals surface area contributed by atoms with Crippen molar-refractivity contribution >= 4 is 5.82 Å². The van der Waals surface area contributed by atoms with E-state index in [1.807, 2.05) is 45.0 Å². The molecule has 2 aromatic rings. The molecule has 5 nitrogen and oxygen atoms in total. The molecule has 0 atom stereocenters. The van der Waals surface area contributed by atoms with E-state index >= 15 is 0 Å². The summed E-state index contributed by atoms with van der Waals surface area (Å²) < 4.78 is 11.2. The molecule has 0 spiro atoms. The largest absolute Gasteiger partial charge is 0.494 e. The van der Waals surface area contributed by atoms with Crippen molar-refractivity contribution < 1.29 is 9.47 Å². The molecule has 0 bridgehead atoms. The molecule has 0 fully saturated rings. The predicted octanol–water partition coefficient (Wildman–Crippen LogP) is 3.37. The number of nitrogen functional groups attached to an aromatic ring is 1. The first-order valence-corrected chi connectivity index (χ1v) is 6.63. The molecule has 106 valence electrons. The van der Waals surface area contributed by atoms with Gasteiger partial charge in [-0.15, -0.1) is 0 Å². The SMILES string of the molecule is CCOc1ccc(Oc2ncnc(N)c2C(C)C)cc1. The molecule has 5 heteroatoms. The molecule has 2 rings (SSSR count). The summed E-state index contributed by atoms with van der Waals surface area (Å²) in [6, 6.07) is 7.40. The molecule has 0 radical (unpaired) electrons. The first-order chi connectivity index (χ1) is 9.61. The molecule has 0 aliphatic carbocycles. The van der Waals surface area contributed by atoms with Crippen LogP contribution in [0, 0.1) is 0 Å². The first kappa shape index (κ1) is 14.1. The fourth-order valence-electron chi connectivity index (χ4n) is 1.90. The van der Waals surface area contributed by atoms with Crippen molar-refractivity contribution in [3.8, 4) is 17.4 Å². The zero-order valence-corrected chi connectivity index (χ0v) is 12.0. The predicted molar refractivity (Wildman–Crippen MR) is 78.2 cm³/mol. The minimum atomic E-state index is 0.189. The Morgan fingerprint density at radius 3 is 2.35 bits per heavy atom. The summed E-state index contributed by atoms with van der Waals surface area (Å²) in [5, 5.41) is 0. The maximum atomic E-state index is 5.89. The van der Waals surface area contributed by atoms with Crippen molar-refractivity contribution in [1.82, 2.24) is 9.97 Å². The van der Waals surface area contributed by atoms with Crippen LogP contribution in [-0.2, 0) is 0 Å². The average molecular weight is 273 g/mol. The van der Waals surface area contributed by atoms with Crippen LogP contribution in [0.25, 0.3) is 0 Å². The van der Waals surface area contributed by atoms with E-state index < -0.39 is 0 Å². The van der Waals surface area contributed by atoms with E-state index in [1.54, 1.807) is 0 Å². The number of anilines is 1. The van der Waals surface area contributed by atoms with Gasteiger partial charge in [-0.25, -0.2) is 9.97 Å². The number of nitrogens with zero attached hydrogens (tertiary/aromatic N) is 2. The Bertz CT molecular complexity index is 568. The van der Waals surface area contributed by atoms with Crippen molar-refractivity contribution in [3.63, 3.8) is 0 Å². The minimum Gasteiger partial charge on any atom is -0.494 e. The number of hydrogen-bond acceptors (Lipinski definition) is 5. The average Bonchev–Trinajstić information content (AvgIpc) is 2.41. The van der Waals surface area contributed by atoms with Gasteiger partial charge in [0.2, 0.25) is 5.88 Å². The molecule has 0 aliphatic rings. The number of benzene rings is 1. The third kappa shape index (κ3) is 3.17. The van der Waals surface area contributed by atoms with Crippen LogP contribution in [0.2, 0.25) is 0 Å². The Morgan fingerprint density at radius 2 is 1.75 bits per heavy atom. The molecule has 1 aromatic heterocycles. The van der Waals surface area contributed by atoms with Crippen LogP contribution in [-0.4, -0.2) is 16.6 Å². The van der Waals surface area contributed by atoms with Gasteiger partial charge < -0.3 is 15.2 Å². The Morgan fingerprint density at radius 1 is 1.10 bits per heavy atom. The van der Waals surface area contributed by atoms with Crippen LogP contribution in [0.15, 0.2) is 30.6 Å². The molecule has 1 heterocycles. The summed E-state index contributed by atoms with van der Waals surface area (Å²) in [4.78, 5) is 8.18. The highest BCUT2D eigenvalue weighted by molar-refractivity contribution is 5.48. The van der Waals surface area contributed by atoms with Gasteiger partial charge in [0.15, 0.2) is 0 Å². The van der Waals surface area contributed by atoms with E-state index in [-0.39, 0.29) is 5.92 Å². The molecule has 0 aliphatic heterocycles. The fraction of sp³-hybridized carbons (Fsp3) is 0.333. The van der Waals surface area contributed by atoms with Crippen LogP contribution in [0.1, 0.15) is 32.3 Å². The molecule has 0 amide bonds. The maximum absolute atomic E-state index is 5.89.